The number of imidazole rings is 1. The van der Waals surface area contributed by atoms with E-state index in [1.54, 1.807) is 13.0 Å². The first kappa shape index (κ1) is 15.7. The number of sulfone groups is 1. The van der Waals surface area contributed by atoms with Crippen LogP contribution in [0.2, 0.25) is 0 Å². The molecule has 0 spiro atoms. The molecule has 0 aromatic carbocycles. The zero-order valence-corrected chi connectivity index (χ0v) is 13.1. The molecule has 0 saturated carbocycles. The van der Waals surface area contributed by atoms with E-state index < -0.39 is 29.9 Å². The molecule has 0 unspecified atom stereocenters. The molecule has 2 heterocycles. The summed E-state index contributed by atoms with van der Waals surface area (Å²) in [5.41, 5.74) is 0.162. The molecule has 2 aromatic rings. The van der Waals surface area contributed by atoms with Gasteiger partial charge in [-0.3, -0.25) is 4.40 Å². The van der Waals surface area contributed by atoms with E-state index in [0.717, 1.165) is 4.40 Å². The molecule has 0 aliphatic carbocycles. The average molecular weight is 333 g/mol. The number of rotatable bonds is 5. The van der Waals surface area contributed by atoms with E-state index >= 15 is 0 Å². The Kier molecular flexibility index (Phi) is 3.95. The van der Waals surface area contributed by atoms with E-state index in [4.69, 9.17) is 9.88 Å². The number of sulfonamides is 1. The molecule has 2 aromatic heterocycles. The number of pyridine rings is 1. The van der Waals surface area contributed by atoms with E-state index in [2.05, 4.69) is 4.98 Å². The SMILES string of the molecule is CCOc1ccc2nc(S(=O)(=O)CC)c(S(N)(=O)=O)n2c1. The molecule has 0 bridgehead atoms. The average Bonchev–Trinajstić information content (AvgIpc) is 2.78. The van der Waals surface area contributed by atoms with Gasteiger partial charge in [-0.2, -0.15) is 0 Å². The van der Waals surface area contributed by atoms with Crippen LogP contribution in [0.1, 0.15) is 13.8 Å². The first-order valence-corrected chi connectivity index (χ1v) is 9.31. The van der Waals surface area contributed by atoms with Crippen molar-refractivity contribution in [2.75, 3.05) is 12.4 Å². The number of nitrogens with zero attached hydrogens (tertiary/aromatic N) is 2. The van der Waals surface area contributed by atoms with Gasteiger partial charge in [-0.1, -0.05) is 6.92 Å². The molecular weight excluding hydrogens is 318 g/mol. The highest BCUT2D eigenvalue weighted by Gasteiger charge is 2.30. The van der Waals surface area contributed by atoms with E-state index in [1.165, 1.54) is 19.2 Å². The maximum atomic E-state index is 12.0. The molecule has 0 radical (unpaired) electrons. The first-order valence-electron chi connectivity index (χ1n) is 6.11. The third kappa shape index (κ3) is 2.87. The molecule has 2 rings (SSSR count). The Morgan fingerprint density at radius 2 is 1.90 bits per heavy atom. The zero-order chi connectivity index (χ0) is 15.8. The van der Waals surface area contributed by atoms with Crippen LogP contribution < -0.4 is 9.88 Å². The van der Waals surface area contributed by atoms with E-state index in [1.807, 2.05) is 0 Å². The Morgan fingerprint density at radius 3 is 2.43 bits per heavy atom. The molecule has 0 fully saturated rings. The molecule has 21 heavy (non-hydrogen) atoms. The predicted molar refractivity (Wildman–Crippen MR) is 75.5 cm³/mol. The molecule has 2 N–H and O–H groups in total. The van der Waals surface area contributed by atoms with Crippen molar-refractivity contribution in [2.24, 2.45) is 5.14 Å². The van der Waals surface area contributed by atoms with Gasteiger partial charge >= 0.3 is 0 Å². The number of aromatic nitrogens is 2. The van der Waals surface area contributed by atoms with Crippen molar-refractivity contribution < 1.29 is 21.6 Å². The molecule has 0 amide bonds. The van der Waals surface area contributed by atoms with Crippen LogP contribution in [-0.2, 0) is 19.9 Å². The molecule has 0 aliphatic heterocycles. The minimum absolute atomic E-state index is 0.162. The zero-order valence-electron chi connectivity index (χ0n) is 11.5. The standard InChI is InChI=1S/C11H15N3O5S2/c1-3-19-8-5-6-9-13-10(20(15,16)4-2)11(14(9)7-8)21(12,17)18/h5-7H,3-4H2,1-2H3,(H2,12,17,18). The van der Waals surface area contributed by atoms with Crippen molar-refractivity contribution in [1.82, 2.24) is 9.38 Å². The maximum Gasteiger partial charge on any atom is 0.257 e. The van der Waals surface area contributed by atoms with Gasteiger partial charge in [-0.25, -0.2) is 27.0 Å². The molecule has 8 nitrogen and oxygen atoms in total. The van der Waals surface area contributed by atoms with Crippen LogP contribution in [0.15, 0.2) is 28.4 Å². The highest BCUT2D eigenvalue weighted by molar-refractivity contribution is 7.93. The highest BCUT2D eigenvalue weighted by Crippen LogP contribution is 2.24. The smallest absolute Gasteiger partial charge is 0.257 e. The van der Waals surface area contributed by atoms with Gasteiger partial charge < -0.3 is 4.74 Å². The number of nitrogens with two attached hydrogens (primary N) is 1. The summed E-state index contributed by atoms with van der Waals surface area (Å²) >= 11 is 0. The summed E-state index contributed by atoms with van der Waals surface area (Å²) in [5.74, 6) is 0.102. The summed E-state index contributed by atoms with van der Waals surface area (Å²) in [7, 11) is -8.11. The van der Waals surface area contributed by atoms with Crippen LogP contribution in [0.4, 0.5) is 0 Å². The van der Waals surface area contributed by atoms with Crippen molar-refractivity contribution in [3.63, 3.8) is 0 Å². The summed E-state index contributed by atoms with van der Waals surface area (Å²) in [6.45, 7) is 3.55. The monoisotopic (exact) mass is 333 g/mol. The van der Waals surface area contributed by atoms with Crippen LogP contribution >= 0.6 is 0 Å². The molecule has 0 atom stereocenters. The van der Waals surface area contributed by atoms with Gasteiger partial charge in [0.2, 0.25) is 0 Å². The Bertz CT molecular complexity index is 884. The second-order valence-electron chi connectivity index (χ2n) is 4.20. The van der Waals surface area contributed by atoms with Gasteiger partial charge in [0.05, 0.1) is 18.6 Å². The summed E-state index contributed by atoms with van der Waals surface area (Å²) in [6.07, 6.45) is 1.35. The van der Waals surface area contributed by atoms with Crippen molar-refractivity contribution in [2.45, 2.75) is 23.9 Å². The number of primary sulfonamides is 1. The fraction of sp³-hybridized carbons (Fsp3) is 0.364. The molecule has 0 aliphatic rings. The number of hydrogen-bond acceptors (Lipinski definition) is 6. The second kappa shape index (κ2) is 5.28. The van der Waals surface area contributed by atoms with Crippen molar-refractivity contribution in [1.29, 1.82) is 0 Å². The topological polar surface area (TPSA) is 121 Å². The van der Waals surface area contributed by atoms with Gasteiger partial charge in [0, 0.05) is 0 Å². The first-order chi connectivity index (χ1) is 9.70. The highest BCUT2D eigenvalue weighted by atomic mass is 32.2. The van der Waals surface area contributed by atoms with E-state index in [0.29, 0.717) is 12.4 Å². The number of hydrogen-bond donors (Lipinski definition) is 1. The van der Waals surface area contributed by atoms with Gasteiger partial charge in [-0.05, 0) is 19.1 Å². The maximum absolute atomic E-state index is 12.0. The van der Waals surface area contributed by atoms with E-state index in [9.17, 15) is 16.8 Å². The van der Waals surface area contributed by atoms with Crippen molar-refractivity contribution >= 4 is 25.5 Å². The Morgan fingerprint density at radius 1 is 1.24 bits per heavy atom. The van der Waals surface area contributed by atoms with Gasteiger partial charge in [0.15, 0.2) is 19.9 Å². The summed E-state index contributed by atoms with van der Waals surface area (Å²) < 4.78 is 54.0. The van der Waals surface area contributed by atoms with Crippen LogP contribution in [0.25, 0.3) is 5.65 Å². The van der Waals surface area contributed by atoms with Crippen LogP contribution in [-0.4, -0.2) is 38.6 Å². The molecule has 116 valence electrons. The lowest BCUT2D eigenvalue weighted by molar-refractivity contribution is 0.338. The lowest BCUT2D eigenvalue weighted by Gasteiger charge is -2.05. The normalized spacial score (nSPS) is 12.7. The Balaban J connectivity index is 2.89. The minimum Gasteiger partial charge on any atom is -0.492 e. The largest absolute Gasteiger partial charge is 0.492 e. The van der Waals surface area contributed by atoms with E-state index in [-0.39, 0.29) is 11.4 Å². The molecular formula is C11H15N3O5S2. The fourth-order valence-corrected chi connectivity index (χ4v) is 4.14. The van der Waals surface area contributed by atoms with Crippen LogP contribution in [0.3, 0.4) is 0 Å². The summed E-state index contributed by atoms with van der Waals surface area (Å²) in [4.78, 5) is 3.88. The van der Waals surface area contributed by atoms with Crippen molar-refractivity contribution in [3.05, 3.63) is 18.3 Å². The quantitative estimate of drug-likeness (QED) is 0.833. The fourth-order valence-electron chi connectivity index (χ4n) is 1.83. The lowest BCUT2D eigenvalue weighted by atomic mass is 10.4. The van der Waals surface area contributed by atoms with Crippen LogP contribution in [0, 0.1) is 0 Å². The number of fused-ring (bicyclic) bond motifs is 1. The Hall–Kier alpha value is -1.65. The summed E-state index contributed by atoms with van der Waals surface area (Å²) in [6, 6.07) is 3.04. The Labute approximate surface area is 122 Å². The van der Waals surface area contributed by atoms with Gasteiger partial charge in [0.25, 0.3) is 10.0 Å². The third-order valence-corrected chi connectivity index (χ3v) is 5.46. The van der Waals surface area contributed by atoms with Crippen LogP contribution in [0.5, 0.6) is 5.75 Å². The minimum atomic E-state index is -4.28. The molecule has 10 heteroatoms. The predicted octanol–water partition coefficient (Wildman–Crippen LogP) is 0.174. The lowest BCUT2D eigenvalue weighted by Crippen LogP contribution is -2.19. The molecule has 0 saturated heterocycles. The van der Waals surface area contributed by atoms with Crippen molar-refractivity contribution in [3.8, 4) is 5.75 Å². The number of ether oxygens (including phenoxy) is 1. The third-order valence-electron chi connectivity index (χ3n) is 2.77. The second-order valence-corrected chi connectivity index (χ2v) is 7.87. The van der Waals surface area contributed by atoms with Gasteiger partial charge in [0.1, 0.15) is 11.4 Å². The van der Waals surface area contributed by atoms with Gasteiger partial charge in [-0.15, -0.1) is 0 Å². The summed E-state index contributed by atoms with van der Waals surface area (Å²) in [5, 5.41) is 4.05.